The van der Waals surface area contributed by atoms with Gasteiger partial charge in [0.05, 0.1) is 5.56 Å². The summed E-state index contributed by atoms with van der Waals surface area (Å²) in [5.41, 5.74) is 3.24. The largest absolute Gasteiger partial charge is 0.489 e. The number of hydrogen-bond donors (Lipinski definition) is 2. The van der Waals surface area contributed by atoms with E-state index >= 15 is 0 Å². The van der Waals surface area contributed by atoms with Gasteiger partial charge in [0.15, 0.2) is 0 Å². The normalized spacial score (nSPS) is 16.7. The van der Waals surface area contributed by atoms with Gasteiger partial charge in [-0.1, -0.05) is 85.1 Å². The molecule has 2 atom stereocenters. The van der Waals surface area contributed by atoms with Crippen molar-refractivity contribution in [2.24, 2.45) is 5.92 Å². The van der Waals surface area contributed by atoms with Crippen LogP contribution in [0.15, 0.2) is 91.0 Å². The molecule has 4 aromatic carbocycles. The Hall–Kier alpha value is -4.83. The third kappa shape index (κ3) is 8.73. The summed E-state index contributed by atoms with van der Waals surface area (Å²) in [7, 11) is 0. The standard InChI is InChI=1S/C40H38ClF3N2O5/c41-34-17-15-31(40(42,43)44)22-30(34)24-51-32-16-14-29-18-19-46(36(47)21-25-6-4-5-7-25)37(33(29)23-32)38(48)45-35(39(49)50)20-26-10-12-28(13-11-26)27-8-2-1-3-9-27/h1-3,8-17,22-23,25,35,37H,4-7,18-21,24H2,(H,45,48)(H,49,50)/t35-,37?/m0/s1. The molecular weight excluding hydrogens is 681 g/mol. The number of carbonyl (C=O) groups excluding carboxylic acids is 2. The molecule has 2 N–H and O–H groups in total. The van der Waals surface area contributed by atoms with Crippen LogP contribution in [0, 0.1) is 5.92 Å². The van der Waals surface area contributed by atoms with Crippen LogP contribution < -0.4 is 10.1 Å². The predicted octanol–water partition coefficient (Wildman–Crippen LogP) is 8.42. The Morgan fingerprint density at radius 1 is 0.922 bits per heavy atom. The third-order valence-electron chi connectivity index (χ3n) is 9.74. The van der Waals surface area contributed by atoms with Crippen LogP contribution in [0.5, 0.6) is 5.75 Å². The van der Waals surface area contributed by atoms with Crippen molar-refractivity contribution in [2.45, 2.75) is 69.8 Å². The highest BCUT2D eigenvalue weighted by Gasteiger charge is 2.39. The summed E-state index contributed by atoms with van der Waals surface area (Å²) in [6.45, 7) is 0.00223. The smallest absolute Gasteiger partial charge is 0.416 e. The fraction of sp³-hybridized carbons (Fsp3) is 0.325. The molecule has 1 heterocycles. The summed E-state index contributed by atoms with van der Waals surface area (Å²) in [5, 5.41) is 13.0. The van der Waals surface area contributed by atoms with Crippen LogP contribution in [0.3, 0.4) is 0 Å². The maximum Gasteiger partial charge on any atom is 0.416 e. The number of alkyl halides is 3. The molecule has 0 bridgehead atoms. The number of nitrogens with zero attached hydrogens (tertiary/aromatic N) is 1. The average Bonchev–Trinajstić information content (AvgIpc) is 3.63. The number of aliphatic carboxylic acids is 1. The van der Waals surface area contributed by atoms with Gasteiger partial charge in [0.25, 0.3) is 0 Å². The zero-order valence-corrected chi connectivity index (χ0v) is 28.6. The van der Waals surface area contributed by atoms with Crippen molar-refractivity contribution < 1.29 is 37.4 Å². The highest BCUT2D eigenvalue weighted by Crippen LogP contribution is 2.37. The van der Waals surface area contributed by atoms with Gasteiger partial charge in [-0.25, -0.2) is 4.79 Å². The van der Waals surface area contributed by atoms with Gasteiger partial charge in [0, 0.05) is 30.0 Å². The highest BCUT2D eigenvalue weighted by molar-refractivity contribution is 6.31. The van der Waals surface area contributed by atoms with E-state index in [1.165, 1.54) is 11.0 Å². The maximum atomic E-state index is 14.2. The van der Waals surface area contributed by atoms with Gasteiger partial charge in [0.2, 0.25) is 11.8 Å². The maximum absolute atomic E-state index is 14.2. The Kier molecular flexibility index (Phi) is 11.0. The molecule has 1 aliphatic carbocycles. The Morgan fingerprint density at radius 3 is 2.31 bits per heavy atom. The summed E-state index contributed by atoms with van der Waals surface area (Å²) in [4.78, 5) is 42.0. The second-order valence-corrected chi connectivity index (χ2v) is 13.6. The van der Waals surface area contributed by atoms with Crippen molar-refractivity contribution >= 4 is 29.4 Å². The van der Waals surface area contributed by atoms with Gasteiger partial charge in [0.1, 0.15) is 24.4 Å². The second-order valence-electron chi connectivity index (χ2n) is 13.2. The zero-order valence-electron chi connectivity index (χ0n) is 27.8. The van der Waals surface area contributed by atoms with Gasteiger partial charge in [-0.15, -0.1) is 0 Å². The lowest BCUT2D eigenvalue weighted by molar-refractivity contribution is -0.145. The lowest BCUT2D eigenvalue weighted by Gasteiger charge is -2.37. The number of carboxylic acid groups (broad SMARTS) is 1. The minimum Gasteiger partial charge on any atom is -0.489 e. The molecule has 4 aromatic rings. The molecule has 2 aliphatic rings. The summed E-state index contributed by atoms with van der Waals surface area (Å²) in [5.74, 6) is -1.55. The van der Waals surface area contributed by atoms with E-state index in [0.717, 1.165) is 54.5 Å². The SMILES string of the molecule is O=C(N[C@@H](Cc1ccc(-c2ccccc2)cc1)C(=O)O)C1c2cc(OCc3cc(C(F)(F)F)ccc3Cl)ccc2CCN1C(=O)CC1CCCC1. The number of rotatable bonds is 11. The number of amides is 2. The molecule has 0 aromatic heterocycles. The number of ether oxygens (including phenoxy) is 1. The Morgan fingerprint density at radius 2 is 1.63 bits per heavy atom. The van der Waals surface area contributed by atoms with Crippen molar-refractivity contribution in [3.63, 3.8) is 0 Å². The van der Waals surface area contributed by atoms with Crippen molar-refractivity contribution in [1.29, 1.82) is 0 Å². The highest BCUT2D eigenvalue weighted by atomic mass is 35.5. The monoisotopic (exact) mass is 718 g/mol. The molecule has 11 heteroatoms. The fourth-order valence-electron chi connectivity index (χ4n) is 6.99. The van der Waals surface area contributed by atoms with Crippen LogP contribution in [-0.2, 0) is 40.0 Å². The van der Waals surface area contributed by atoms with E-state index in [1.807, 2.05) is 54.6 Å². The van der Waals surface area contributed by atoms with Crippen molar-refractivity contribution in [1.82, 2.24) is 10.2 Å². The van der Waals surface area contributed by atoms with Crippen molar-refractivity contribution in [2.75, 3.05) is 6.54 Å². The summed E-state index contributed by atoms with van der Waals surface area (Å²) < 4.78 is 46.0. The Bertz CT molecular complexity index is 1880. The molecule has 0 spiro atoms. The fourth-order valence-corrected chi connectivity index (χ4v) is 7.16. The summed E-state index contributed by atoms with van der Waals surface area (Å²) in [6, 6.07) is 22.8. The first-order valence-corrected chi connectivity index (χ1v) is 17.4. The molecule has 6 rings (SSSR count). The molecule has 51 heavy (non-hydrogen) atoms. The first-order chi connectivity index (χ1) is 24.5. The third-order valence-corrected chi connectivity index (χ3v) is 10.1. The molecule has 2 amide bonds. The first kappa shape index (κ1) is 36.0. The molecule has 7 nitrogen and oxygen atoms in total. The van der Waals surface area contributed by atoms with Gasteiger partial charge >= 0.3 is 12.1 Å². The number of benzene rings is 4. The van der Waals surface area contributed by atoms with Gasteiger partial charge in [-0.2, -0.15) is 13.2 Å². The van der Waals surface area contributed by atoms with E-state index in [4.69, 9.17) is 16.3 Å². The average molecular weight is 719 g/mol. The molecule has 1 saturated carbocycles. The van der Waals surface area contributed by atoms with E-state index in [0.29, 0.717) is 24.0 Å². The van der Waals surface area contributed by atoms with E-state index < -0.39 is 35.7 Å². The number of nitrogens with one attached hydrogen (secondary N) is 1. The number of carboxylic acids is 1. The number of hydrogen-bond acceptors (Lipinski definition) is 4. The van der Waals surface area contributed by atoms with Crippen LogP contribution in [0.2, 0.25) is 5.02 Å². The first-order valence-electron chi connectivity index (χ1n) is 17.0. The topological polar surface area (TPSA) is 95.9 Å². The molecule has 1 unspecified atom stereocenters. The van der Waals surface area contributed by atoms with Crippen LogP contribution in [0.1, 0.15) is 66.0 Å². The van der Waals surface area contributed by atoms with Crippen LogP contribution in [0.25, 0.3) is 11.1 Å². The minimum atomic E-state index is -4.56. The molecule has 1 aliphatic heterocycles. The molecule has 1 fully saturated rings. The minimum absolute atomic E-state index is 0.0205. The van der Waals surface area contributed by atoms with Crippen LogP contribution >= 0.6 is 11.6 Å². The Balaban J connectivity index is 1.25. The van der Waals surface area contributed by atoms with Gasteiger partial charge in [-0.3, -0.25) is 9.59 Å². The van der Waals surface area contributed by atoms with E-state index in [-0.39, 0.29) is 47.7 Å². The van der Waals surface area contributed by atoms with E-state index in [2.05, 4.69) is 5.32 Å². The summed E-state index contributed by atoms with van der Waals surface area (Å²) in [6.07, 6.45) is 0.194. The van der Waals surface area contributed by atoms with E-state index in [1.54, 1.807) is 18.2 Å². The van der Waals surface area contributed by atoms with Crippen LogP contribution in [0.4, 0.5) is 13.2 Å². The summed E-state index contributed by atoms with van der Waals surface area (Å²) >= 11 is 6.19. The lowest BCUT2D eigenvalue weighted by Crippen LogP contribution is -2.51. The molecule has 266 valence electrons. The van der Waals surface area contributed by atoms with Gasteiger partial charge in [-0.05, 0) is 83.3 Å². The predicted molar refractivity (Wildman–Crippen MR) is 187 cm³/mol. The van der Waals surface area contributed by atoms with E-state index in [9.17, 15) is 32.7 Å². The molecule has 0 saturated heterocycles. The Labute approximate surface area is 299 Å². The molecular formula is C40H38ClF3N2O5. The quantitative estimate of drug-likeness (QED) is 0.162. The second kappa shape index (κ2) is 15.6. The van der Waals surface area contributed by atoms with Crippen molar-refractivity contribution in [3.8, 4) is 16.9 Å². The van der Waals surface area contributed by atoms with Crippen molar-refractivity contribution in [3.05, 3.63) is 124 Å². The van der Waals surface area contributed by atoms with Crippen LogP contribution in [-0.4, -0.2) is 40.4 Å². The number of fused-ring (bicyclic) bond motifs is 1. The molecule has 0 radical (unpaired) electrons. The number of halogens is 4. The zero-order chi connectivity index (χ0) is 36.1. The van der Waals surface area contributed by atoms with Gasteiger partial charge < -0.3 is 20.1 Å². The lowest BCUT2D eigenvalue weighted by atomic mass is 9.90. The number of carbonyl (C=O) groups is 3.